The molecule has 1 aromatic rings. The molecule has 0 N–H and O–H groups in total. The van der Waals surface area contributed by atoms with Crippen LogP contribution in [0.5, 0.6) is 0 Å². The van der Waals surface area contributed by atoms with Crippen molar-refractivity contribution in [1.82, 2.24) is 0 Å². The van der Waals surface area contributed by atoms with E-state index in [1.807, 2.05) is 24.3 Å². The average Bonchev–Trinajstić information content (AvgIpc) is 2.21. The van der Waals surface area contributed by atoms with Crippen molar-refractivity contribution in [1.29, 1.82) is 0 Å². The molecule has 0 fully saturated rings. The fourth-order valence-electron chi connectivity index (χ4n) is 0.675. The molecule has 0 spiro atoms. The Morgan fingerprint density at radius 3 is 2.80 bits per heavy atom. The minimum absolute atomic E-state index is 0.297. The molecule has 1 aromatic carbocycles. The van der Waals surface area contributed by atoms with Gasteiger partial charge < -0.3 is 0 Å². The van der Waals surface area contributed by atoms with Gasteiger partial charge >= 0.3 is 0 Å². The minimum atomic E-state index is -0.785. The summed E-state index contributed by atoms with van der Waals surface area (Å²) in [6.07, 6.45) is 0.471. The molecule has 0 radical (unpaired) electrons. The molecule has 10 heavy (non-hydrogen) atoms. The van der Waals surface area contributed by atoms with Gasteiger partial charge in [0, 0.05) is 5.48 Å². The first-order valence-corrected chi connectivity index (χ1v) is 2.94. The lowest BCUT2D eigenvalue weighted by Crippen LogP contribution is -1.77. The van der Waals surface area contributed by atoms with Crippen LogP contribution >= 0.6 is 0 Å². The van der Waals surface area contributed by atoms with Crippen molar-refractivity contribution < 1.29 is 5.48 Å². The molecule has 1 atom stereocenters. The predicted molar refractivity (Wildman–Crippen MR) is 47.3 cm³/mol. The summed E-state index contributed by atoms with van der Waals surface area (Å²) in [6.45, 7) is -0.488. The van der Waals surface area contributed by atoms with Crippen LogP contribution in [0.25, 0.3) is 0 Å². The van der Waals surface area contributed by atoms with Gasteiger partial charge in [-0.15, -0.1) is 0 Å². The zero-order chi connectivity index (χ0) is 11.0. The van der Waals surface area contributed by atoms with Crippen molar-refractivity contribution in [3.63, 3.8) is 0 Å². The minimum Gasteiger partial charge on any atom is -0.0776 e. The number of rotatable bonds is 1. The summed E-state index contributed by atoms with van der Waals surface area (Å²) in [4.78, 5) is 0. The molecule has 0 heteroatoms. The Morgan fingerprint density at radius 1 is 1.60 bits per heavy atom. The second-order valence-corrected chi connectivity index (χ2v) is 2.02. The highest BCUT2D eigenvalue weighted by atomic mass is 13.9. The summed E-state index contributed by atoms with van der Waals surface area (Å²) in [7, 11) is 1.25. The second kappa shape index (κ2) is 4.10. The third kappa shape index (κ3) is 2.22. The Labute approximate surface area is 69.5 Å². The highest BCUT2D eigenvalue weighted by Crippen LogP contribution is 2.02. The van der Waals surface area contributed by atoms with Crippen LogP contribution in [-0.4, -0.2) is 0 Å². The first-order valence-electron chi connectivity index (χ1n) is 5.80. The Kier molecular flexibility index (Phi) is 1.71. The molecule has 0 aromatic heterocycles. The van der Waals surface area contributed by atoms with Gasteiger partial charge in [0.05, 0.1) is 0 Å². The standard InChI is InChI=1S/C9H12.CH4/c1-3-9-6-4-8(2)5-7-9;/h4-7H,3H2,1-2H3;1H4/i1TD,2D;1T. The smallest absolute Gasteiger partial charge is 0.0280 e. The highest BCUT2D eigenvalue weighted by Gasteiger charge is 1.84. The molecule has 1 unspecified atom stereocenters. The van der Waals surface area contributed by atoms with E-state index >= 15 is 0 Å². The molecule has 0 amide bonds. The van der Waals surface area contributed by atoms with E-state index in [2.05, 4.69) is 0 Å². The largest absolute Gasteiger partial charge is 0.0776 e. The molecule has 1 rings (SSSR count). The van der Waals surface area contributed by atoms with Crippen molar-refractivity contribution in [3.8, 4) is 0 Å². The van der Waals surface area contributed by atoms with Gasteiger partial charge in [-0.3, -0.25) is 0 Å². The van der Waals surface area contributed by atoms with E-state index in [4.69, 9.17) is 5.48 Å². The lowest BCUT2D eigenvalue weighted by molar-refractivity contribution is 1.14. The topological polar surface area (TPSA) is 0 Å². The van der Waals surface area contributed by atoms with Crippen LogP contribution in [0.3, 0.4) is 0 Å². The van der Waals surface area contributed by atoms with Gasteiger partial charge in [0.2, 0.25) is 0 Å². The number of hydrogen-bond donors (Lipinski definition) is 0. The van der Waals surface area contributed by atoms with E-state index in [1.165, 1.54) is 7.40 Å². The lowest BCUT2D eigenvalue weighted by Gasteiger charge is -1.94. The van der Waals surface area contributed by atoms with Crippen LogP contribution in [-0.2, 0) is 6.42 Å². The fourth-order valence-corrected chi connectivity index (χ4v) is 0.675. The van der Waals surface area contributed by atoms with E-state index < -0.39 is 6.88 Å². The fraction of sp³-hybridized carbons (Fsp3) is 0.400. The Balaban J connectivity index is 0.000000791. The molecule has 0 bridgehead atoms. The maximum atomic E-state index is 7.08. The van der Waals surface area contributed by atoms with Crippen molar-refractivity contribution in [3.05, 3.63) is 35.4 Å². The van der Waals surface area contributed by atoms with Gasteiger partial charge in [0.1, 0.15) is 0 Å². The van der Waals surface area contributed by atoms with Gasteiger partial charge in [-0.25, -0.2) is 0 Å². The third-order valence-corrected chi connectivity index (χ3v) is 1.26. The summed E-state index contributed by atoms with van der Waals surface area (Å²) in [6, 6.07) is 7.54. The third-order valence-electron chi connectivity index (χ3n) is 1.26. The predicted octanol–water partition coefficient (Wildman–Crippen LogP) is 3.19. The van der Waals surface area contributed by atoms with E-state index in [1.54, 1.807) is 0 Å². The molecule has 0 saturated heterocycles. The maximum absolute atomic E-state index is 7.08. The Hall–Kier alpha value is -0.780. The molecule has 0 aliphatic heterocycles. The number of aryl methyl sites for hydroxylation is 2. The van der Waals surface area contributed by atoms with Crippen LogP contribution in [0.2, 0.25) is 0 Å². The van der Waals surface area contributed by atoms with Gasteiger partial charge in [0.15, 0.2) is 0 Å². The lowest BCUT2D eigenvalue weighted by atomic mass is 10.1. The first-order chi connectivity index (χ1) is 6.72. The molecule has 0 aliphatic carbocycles. The quantitative estimate of drug-likeness (QED) is 0.565. The van der Waals surface area contributed by atoms with Crippen molar-refractivity contribution in [2.24, 2.45) is 0 Å². The molecule has 0 aliphatic rings. The zero-order valence-electron chi connectivity index (χ0n) is 10.3. The van der Waals surface area contributed by atoms with E-state index in [9.17, 15) is 0 Å². The zero-order valence-corrected chi connectivity index (χ0v) is 6.30. The second-order valence-electron chi connectivity index (χ2n) is 2.02. The normalized spacial score (nSPS) is 16.5. The van der Waals surface area contributed by atoms with E-state index in [0.717, 1.165) is 11.1 Å². The first kappa shape index (κ1) is 4.17. The van der Waals surface area contributed by atoms with Crippen LogP contribution in [0.1, 0.15) is 30.9 Å². The van der Waals surface area contributed by atoms with Crippen LogP contribution in [0.15, 0.2) is 24.3 Å². The number of hydrogen-bond acceptors (Lipinski definition) is 0. The van der Waals surface area contributed by atoms with E-state index in [-0.39, 0.29) is 0 Å². The molecule has 0 saturated carbocycles. The summed E-state index contributed by atoms with van der Waals surface area (Å²) in [5, 5.41) is 0. The summed E-state index contributed by atoms with van der Waals surface area (Å²) in [5.74, 6) is 0. The molecular formula is C10H16. The SMILES string of the molecule is [2H]Cc1ccc(CC([2H])[3H])cc1.[3H]C. The highest BCUT2D eigenvalue weighted by molar-refractivity contribution is 5.20. The molecule has 0 nitrogen and oxygen atoms in total. The Bertz CT molecular complexity index is 230. The van der Waals surface area contributed by atoms with Gasteiger partial charge in [-0.05, 0) is 18.9 Å². The maximum Gasteiger partial charge on any atom is 0.0280 e. The van der Waals surface area contributed by atoms with Gasteiger partial charge in [-0.1, -0.05) is 44.1 Å². The van der Waals surface area contributed by atoms with Crippen LogP contribution in [0.4, 0.5) is 0 Å². The number of benzene rings is 1. The monoisotopic (exact) mass is 142 g/mol. The molecular weight excluding hydrogens is 120 g/mol. The summed E-state index contributed by atoms with van der Waals surface area (Å²) < 4.78 is 26.9. The molecule has 56 valence electrons. The van der Waals surface area contributed by atoms with Crippen molar-refractivity contribution in [2.75, 3.05) is 0 Å². The summed E-state index contributed by atoms with van der Waals surface area (Å²) >= 11 is 0. The van der Waals surface area contributed by atoms with Gasteiger partial charge in [-0.2, -0.15) is 0 Å². The Morgan fingerprint density at radius 2 is 2.30 bits per heavy atom. The van der Waals surface area contributed by atoms with E-state index in [0.29, 0.717) is 13.3 Å². The molecule has 0 heterocycles. The van der Waals surface area contributed by atoms with Gasteiger partial charge in [0.25, 0.3) is 0 Å². The van der Waals surface area contributed by atoms with Crippen molar-refractivity contribution in [2.45, 2.75) is 27.6 Å². The van der Waals surface area contributed by atoms with Crippen molar-refractivity contribution >= 4 is 0 Å². The van der Waals surface area contributed by atoms with Crippen LogP contribution < -0.4 is 0 Å². The summed E-state index contributed by atoms with van der Waals surface area (Å²) in [5.41, 5.74) is 1.98. The average molecular weight is 142 g/mol. The van der Waals surface area contributed by atoms with Crippen LogP contribution in [0, 0.1) is 6.90 Å².